The van der Waals surface area contributed by atoms with Gasteiger partial charge in [0.05, 0.1) is 18.5 Å². The Balaban J connectivity index is 2.04. The smallest absolute Gasteiger partial charge is 0.348 e. The van der Waals surface area contributed by atoms with Crippen LogP contribution in [0.4, 0.5) is 5.82 Å². The normalized spacial score (nSPS) is 15.8. The summed E-state index contributed by atoms with van der Waals surface area (Å²) >= 11 is 1.42. The fourth-order valence-electron chi connectivity index (χ4n) is 3.58. The molecule has 1 fully saturated rings. The van der Waals surface area contributed by atoms with Crippen LogP contribution < -0.4 is 4.90 Å². The van der Waals surface area contributed by atoms with E-state index in [9.17, 15) is 4.79 Å². The summed E-state index contributed by atoms with van der Waals surface area (Å²) in [7, 11) is 4.02. The maximum absolute atomic E-state index is 12.4. The second-order valence-electron chi connectivity index (χ2n) is 7.77. The van der Waals surface area contributed by atoms with Crippen LogP contribution in [-0.2, 0) is 11.3 Å². The summed E-state index contributed by atoms with van der Waals surface area (Å²) in [6.45, 7) is 13.2. The Morgan fingerprint density at radius 1 is 1.21 bits per heavy atom. The molecule has 2 aromatic rings. The molecule has 0 atom stereocenters. The molecule has 0 bridgehead atoms. The SMILES string of the molecule is CCOC(=O)c1sc2nc(CN(C)C)nc(N3CCN(C(C)C)CC3)c2c1C. The van der Waals surface area contributed by atoms with Crippen LogP contribution in [0.25, 0.3) is 10.2 Å². The first-order valence-electron chi connectivity index (χ1n) is 9.92. The summed E-state index contributed by atoms with van der Waals surface area (Å²) in [5.74, 6) is 1.47. The second kappa shape index (κ2) is 8.71. The molecule has 1 aliphatic heterocycles. The van der Waals surface area contributed by atoms with Crippen LogP contribution in [0.15, 0.2) is 0 Å². The lowest BCUT2D eigenvalue weighted by Crippen LogP contribution is -2.49. The number of rotatable bonds is 6. The molecule has 3 heterocycles. The van der Waals surface area contributed by atoms with Crippen molar-refractivity contribution >= 4 is 33.3 Å². The summed E-state index contributed by atoms with van der Waals surface area (Å²) in [5, 5.41) is 0.994. The summed E-state index contributed by atoms with van der Waals surface area (Å²) in [6.07, 6.45) is 0. The predicted octanol–water partition coefficient (Wildman–Crippen LogP) is 2.77. The van der Waals surface area contributed by atoms with Gasteiger partial charge in [0.2, 0.25) is 0 Å². The van der Waals surface area contributed by atoms with Gasteiger partial charge in [-0.05, 0) is 47.4 Å². The Kier molecular flexibility index (Phi) is 6.52. The van der Waals surface area contributed by atoms with Gasteiger partial charge in [-0.25, -0.2) is 14.8 Å². The van der Waals surface area contributed by atoms with E-state index in [1.165, 1.54) is 11.3 Å². The standard InChI is InChI=1S/C20H31N5O2S/c1-7-27-20(26)17-14(4)16-18(25-10-8-24(9-11-25)13(2)3)21-15(12-23(5)6)22-19(16)28-17/h13H,7-12H2,1-6H3. The number of esters is 1. The van der Waals surface area contributed by atoms with Gasteiger partial charge >= 0.3 is 5.97 Å². The van der Waals surface area contributed by atoms with Crippen LogP contribution in [0.5, 0.6) is 0 Å². The highest BCUT2D eigenvalue weighted by Crippen LogP contribution is 2.36. The molecule has 1 saturated heterocycles. The number of ether oxygens (including phenoxy) is 1. The van der Waals surface area contributed by atoms with Crippen molar-refractivity contribution in [3.05, 3.63) is 16.3 Å². The van der Waals surface area contributed by atoms with E-state index in [2.05, 4.69) is 28.5 Å². The molecule has 0 radical (unpaired) electrons. The third kappa shape index (κ3) is 4.29. The molecular weight excluding hydrogens is 374 g/mol. The average molecular weight is 406 g/mol. The number of aromatic nitrogens is 2. The van der Waals surface area contributed by atoms with Gasteiger partial charge in [0.1, 0.15) is 21.3 Å². The summed E-state index contributed by atoms with van der Waals surface area (Å²) in [5.41, 5.74) is 0.927. The fourth-order valence-corrected chi connectivity index (χ4v) is 4.67. The number of anilines is 1. The van der Waals surface area contributed by atoms with E-state index in [1.807, 2.05) is 27.9 Å². The molecule has 7 nitrogen and oxygen atoms in total. The Bertz CT molecular complexity index is 841. The molecule has 8 heteroatoms. The van der Waals surface area contributed by atoms with E-state index in [0.29, 0.717) is 24.1 Å². The summed E-state index contributed by atoms with van der Waals surface area (Å²) < 4.78 is 5.25. The maximum atomic E-state index is 12.4. The Hall–Kier alpha value is -1.77. The van der Waals surface area contributed by atoms with E-state index in [4.69, 9.17) is 14.7 Å². The molecule has 0 spiro atoms. The van der Waals surface area contributed by atoms with Crippen molar-refractivity contribution in [2.45, 2.75) is 40.3 Å². The molecule has 3 rings (SSSR count). The van der Waals surface area contributed by atoms with E-state index < -0.39 is 0 Å². The first-order chi connectivity index (χ1) is 13.3. The highest BCUT2D eigenvalue weighted by molar-refractivity contribution is 7.20. The number of fused-ring (bicyclic) bond motifs is 1. The first-order valence-corrected chi connectivity index (χ1v) is 10.7. The lowest BCUT2D eigenvalue weighted by atomic mass is 10.1. The van der Waals surface area contributed by atoms with Crippen molar-refractivity contribution in [1.82, 2.24) is 19.8 Å². The summed E-state index contributed by atoms with van der Waals surface area (Å²) in [4.78, 5) is 30.5. The molecule has 154 valence electrons. The zero-order chi connectivity index (χ0) is 20.4. The lowest BCUT2D eigenvalue weighted by Gasteiger charge is -2.37. The number of nitrogens with zero attached hydrogens (tertiary/aromatic N) is 5. The Morgan fingerprint density at radius 3 is 2.46 bits per heavy atom. The van der Waals surface area contributed by atoms with Crippen LogP contribution in [0.1, 0.15) is 41.8 Å². The molecule has 2 aromatic heterocycles. The van der Waals surface area contributed by atoms with Crippen LogP contribution in [-0.4, -0.2) is 78.7 Å². The number of carbonyl (C=O) groups excluding carboxylic acids is 1. The van der Waals surface area contributed by atoms with Gasteiger partial charge in [-0.15, -0.1) is 11.3 Å². The van der Waals surface area contributed by atoms with E-state index in [-0.39, 0.29) is 5.97 Å². The molecule has 0 aromatic carbocycles. The van der Waals surface area contributed by atoms with E-state index >= 15 is 0 Å². The number of hydrogen-bond donors (Lipinski definition) is 0. The number of carbonyl (C=O) groups is 1. The summed E-state index contributed by atoms with van der Waals surface area (Å²) in [6, 6.07) is 0.551. The molecule has 0 unspecified atom stereocenters. The molecule has 0 aliphatic carbocycles. The Labute approximate surface area is 171 Å². The lowest BCUT2D eigenvalue weighted by molar-refractivity contribution is 0.0531. The third-order valence-electron chi connectivity index (χ3n) is 5.08. The molecule has 0 N–H and O–H groups in total. The molecular formula is C20H31N5O2S. The molecule has 0 saturated carbocycles. The van der Waals surface area contributed by atoms with Gasteiger partial charge in [-0.3, -0.25) is 4.90 Å². The van der Waals surface area contributed by atoms with Crippen molar-refractivity contribution in [3.63, 3.8) is 0 Å². The zero-order valence-corrected chi connectivity index (χ0v) is 18.6. The molecule has 28 heavy (non-hydrogen) atoms. The predicted molar refractivity (Wildman–Crippen MR) is 114 cm³/mol. The third-order valence-corrected chi connectivity index (χ3v) is 6.25. The van der Waals surface area contributed by atoms with Crippen LogP contribution in [0, 0.1) is 6.92 Å². The van der Waals surface area contributed by atoms with Gasteiger partial charge in [0.25, 0.3) is 0 Å². The molecule has 0 amide bonds. The van der Waals surface area contributed by atoms with Crippen LogP contribution >= 0.6 is 11.3 Å². The van der Waals surface area contributed by atoms with Crippen molar-refractivity contribution in [2.75, 3.05) is 51.8 Å². The highest BCUT2D eigenvalue weighted by atomic mass is 32.1. The minimum atomic E-state index is -0.271. The average Bonchev–Trinajstić information content (AvgIpc) is 2.97. The van der Waals surface area contributed by atoms with Crippen molar-refractivity contribution in [3.8, 4) is 0 Å². The first kappa shape index (κ1) is 21.0. The van der Waals surface area contributed by atoms with E-state index in [1.54, 1.807) is 0 Å². The van der Waals surface area contributed by atoms with Crippen LogP contribution in [0.2, 0.25) is 0 Å². The zero-order valence-electron chi connectivity index (χ0n) is 17.8. The van der Waals surface area contributed by atoms with Gasteiger partial charge < -0.3 is 14.5 Å². The number of aryl methyl sites for hydroxylation is 1. The van der Waals surface area contributed by atoms with Crippen molar-refractivity contribution < 1.29 is 9.53 Å². The topological polar surface area (TPSA) is 61.8 Å². The van der Waals surface area contributed by atoms with Gasteiger partial charge in [-0.2, -0.15) is 0 Å². The fraction of sp³-hybridized carbons (Fsp3) is 0.650. The largest absolute Gasteiger partial charge is 0.462 e. The second-order valence-corrected chi connectivity index (χ2v) is 8.77. The minimum Gasteiger partial charge on any atom is -0.462 e. The van der Waals surface area contributed by atoms with Crippen molar-refractivity contribution in [2.24, 2.45) is 0 Å². The molecule has 1 aliphatic rings. The maximum Gasteiger partial charge on any atom is 0.348 e. The van der Waals surface area contributed by atoms with E-state index in [0.717, 1.165) is 53.6 Å². The Morgan fingerprint density at radius 2 is 1.89 bits per heavy atom. The number of thiophene rings is 1. The quantitative estimate of drug-likeness (QED) is 0.685. The number of piperazine rings is 1. The monoisotopic (exact) mass is 405 g/mol. The highest BCUT2D eigenvalue weighted by Gasteiger charge is 2.26. The number of hydrogen-bond acceptors (Lipinski definition) is 8. The minimum absolute atomic E-state index is 0.271. The van der Waals surface area contributed by atoms with Crippen molar-refractivity contribution in [1.29, 1.82) is 0 Å². The van der Waals surface area contributed by atoms with Gasteiger partial charge in [0, 0.05) is 32.2 Å². The van der Waals surface area contributed by atoms with Gasteiger partial charge in [0.15, 0.2) is 0 Å². The van der Waals surface area contributed by atoms with Gasteiger partial charge in [-0.1, -0.05) is 0 Å². The van der Waals surface area contributed by atoms with Crippen LogP contribution in [0.3, 0.4) is 0 Å².